The Labute approximate surface area is 139 Å². The van der Waals surface area contributed by atoms with E-state index in [9.17, 15) is 12.8 Å². The number of aryl methyl sites for hydroxylation is 1. The number of anilines is 1. The van der Waals surface area contributed by atoms with Crippen molar-refractivity contribution in [3.8, 4) is 5.69 Å². The van der Waals surface area contributed by atoms with E-state index in [0.29, 0.717) is 11.4 Å². The van der Waals surface area contributed by atoms with Crippen LogP contribution in [-0.2, 0) is 10.0 Å². The monoisotopic (exact) mass is 345 g/mol. The molecule has 0 saturated carbocycles. The molecule has 0 bridgehead atoms. The maximum atomic E-state index is 13.3. The van der Waals surface area contributed by atoms with Crippen LogP contribution in [0.2, 0.25) is 0 Å². The molecule has 0 unspecified atom stereocenters. The summed E-state index contributed by atoms with van der Waals surface area (Å²) in [5.74, 6) is -0.511. The van der Waals surface area contributed by atoms with Gasteiger partial charge in [0.2, 0.25) is 0 Å². The average molecular weight is 345 g/mol. The van der Waals surface area contributed by atoms with Gasteiger partial charge in [-0.25, -0.2) is 17.5 Å². The first-order valence-electron chi connectivity index (χ1n) is 7.28. The standard InChI is InChI=1S/C17H16FN3O2S/c1-12-17(13(2)21(19-12)16-9-4-3-5-10-16)24(22,23)20-15-8-6-7-14(18)11-15/h3-11,20H,1-2H3. The molecule has 124 valence electrons. The minimum atomic E-state index is -3.88. The van der Waals surface area contributed by atoms with Crippen LogP contribution in [0.15, 0.2) is 59.5 Å². The number of para-hydroxylation sites is 1. The van der Waals surface area contributed by atoms with Crippen LogP contribution in [0.5, 0.6) is 0 Å². The highest BCUT2D eigenvalue weighted by atomic mass is 32.2. The first-order valence-corrected chi connectivity index (χ1v) is 8.77. The second-order valence-electron chi connectivity index (χ2n) is 5.36. The molecule has 2 aromatic carbocycles. The summed E-state index contributed by atoms with van der Waals surface area (Å²) in [5.41, 5.74) is 1.80. The van der Waals surface area contributed by atoms with Gasteiger partial charge in [0.1, 0.15) is 10.7 Å². The molecule has 0 saturated heterocycles. The van der Waals surface area contributed by atoms with Crippen molar-refractivity contribution in [3.05, 3.63) is 71.8 Å². The van der Waals surface area contributed by atoms with Gasteiger partial charge in [-0.15, -0.1) is 0 Å². The van der Waals surface area contributed by atoms with Crippen LogP contribution < -0.4 is 4.72 Å². The first-order chi connectivity index (χ1) is 11.4. The third-order valence-electron chi connectivity index (χ3n) is 3.57. The summed E-state index contributed by atoms with van der Waals surface area (Å²) in [6, 6.07) is 14.6. The predicted molar refractivity (Wildman–Crippen MR) is 90.2 cm³/mol. The lowest BCUT2D eigenvalue weighted by Gasteiger charge is -2.09. The zero-order valence-corrected chi connectivity index (χ0v) is 14.0. The second kappa shape index (κ2) is 6.09. The second-order valence-corrected chi connectivity index (χ2v) is 6.98. The molecule has 0 radical (unpaired) electrons. The Morgan fingerprint density at radius 3 is 2.42 bits per heavy atom. The molecule has 0 aliphatic heterocycles. The molecule has 1 N–H and O–H groups in total. The minimum absolute atomic E-state index is 0.0932. The summed E-state index contributed by atoms with van der Waals surface area (Å²) in [6.07, 6.45) is 0. The molecule has 0 aliphatic carbocycles. The number of benzene rings is 2. The summed E-state index contributed by atoms with van der Waals surface area (Å²) in [4.78, 5) is 0.0932. The zero-order valence-electron chi connectivity index (χ0n) is 13.2. The molecule has 0 spiro atoms. The van der Waals surface area contributed by atoms with E-state index in [4.69, 9.17) is 0 Å². The van der Waals surface area contributed by atoms with Crippen molar-refractivity contribution in [2.24, 2.45) is 0 Å². The van der Waals surface area contributed by atoms with E-state index in [0.717, 1.165) is 11.8 Å². The van der Waals surface area contributed by atoms with Gasteiger partial charge in [-0.1, -0.05) is 24.3 Å². The molecule has 7 heteroatoms. The quantitative estimate of drug-likeness (QED) is 0.788. The third-order valence-corrected chi connectivity index (χ3v) is 5.20. The van der Waals surface area contributed by atoms with Crippen molar-refractivity contribution < 1.29 is 12.8 Å². The summed E-state index contributed by atoms with van der Waals surface area (Å²) >= 11 is 0. The van der Waals surface area contributed by atoms with Crippen LogP contribution in [0, 0.1) is 19.7 Å². The summed E-state index contributed by atoms with van der Waals surface area (Å²) in [6.45, 7) is 3.32. The van der Waals surface area contributed by atoms with Crippen LogP contribution >= 0.6 is 0 Å². The Morgan fingerprint density at radius 1 is 1.04 bits per heavy atom. The fraction of sp³-hybridized carbons (Fsp3) is 0.118. The van der Waals surface area contributed by atoms with Crippen LogP contribution in [0.1, 0.15) is 11.4 Å². The highest BCUT2D eigenvalue weighted by molar-refractivity contribution is 7.92. The summed E-state index contributed by atoms with van der Waals surface area (Å²) in [7, 11) is -3.88. The molecular weight excluding hydrogens is 329 g/mol. The van der Waals surface area contributed by atoms with Gasteiger partial charge in [-0.2, -0.15) is 5.10 Å². The third kappa shape index (κ3) is 3.03. The number of hydrogen-bond acceptors (Lipinski definition) is 3. The van der Waals surface area contributed by atoms with E-state index in [-0.39, 0.29) is 10.6 Å². The van der Waals surface area contributed by atoms with Crippen LogP contribution in [-0.4, -0.2) is 18.2 Å². The van der Waals surface area contributed by atoms with E-state index in [2.05, 4.69) is 9.82 Å². The maximum absolute atomic E-state index is 13.3. The molecule has 0 atom stereocenters. The molecule has 1 aromatic heterocycles. The van der Waals surface area contributed by atoms with Gasteiger partial charge >= 0.3 is 0 Å². The predicted octanol–water partition coefficient (Wildman–Crippen LogP) is 3.43. The summed E-state index contributed by atoms with van der Waals surface area (Å²) in [5, 5.41) is 4.33. The number of nitrogens with zero attached hydrogens (tertiary/aromatic N) is 2. The van der Waals surface area contributed by atoms with Crippen LogP contribution in [0.25, 0.3) is 5.69 Å². The van der Waals surface area contributed by atoms with Crippen LogP contribution in [0.3, 0.4) is 0 Å². The van der Waals surface area contributed by atoms with E-state index >= 15 is 0 Å². The number of aromatic nitrogens is 2. The smallest absolute Gasteiger partial charge is 0.265 e. The molecule has 3 rings (SSSR count). The van der Waals surface area contributed by atoms with Crippen molar-refractivity contribution in [1.29, 1.82) is 0 Å². The van der Waals surface area contributed by atoms with E-state index in [1.165, 1.54) is 18.2 Å². The van der Waals surface area contributed by atoms with Gasteiger partial charge in [0.15, 0.2) is 0 Å². The van der Waals surface area contributed by atoms with Gasteiger partial charge in [0.05, 0.1) is 22.8 Å². The Morgan fingerprint density at radius 2 is 1.75 bits per heavy atom. The van der Waals surface area contributed by atoms with Crippen LogP contribution in [0.4, 0.5) is 10.1 Å². The Kier molecular flexibility index (Phi) is 4.11. The van der Waals surface area contributed by atoms with Crippen molar-refractivity contribution in [3.63, 3.8) is 0 Å². The molecular formula is C17H16FN3O2S. The molecule has 1 heterocycles. The van der Waals surface area contributed by atoms with Crippen molar-refractivity contribution in [2.45, 2.75) is 18.7 Å². The van der Waals surface area contributed by atoms with Gasteiger partial charge in [0.25, 0.3) is 10.0 Å². The Hall–Kier alpha value is -2.67. The maximum Gasteiger partial charge on any atom is 0.265 e. The Balaban J connectivity index is 2.04. The highest BCUT2D eigenvalue weighted by Crippen LogP contribution is 2.25. The molecule has 5 nitrogen and oxygen atoms in total. The molecule has 24 heavy (non-hydrogen) atoms. The van der Waals surface area contributed by atoms with Crippen molar-refractivity contribution >= 4 is 15.7 Å². The topological polar surface area (TPSA) is 64.0 Å². The lowest BCUT2D eigenvalue weighted by Crippen LogP contribution is -2.15. The lowest BCUT2D eigenvalue weighted by atomic mass is 10.3. The van der Waals surface area contributed by atoms with E-state index in [1.54, 1.807) is 18.5 Å². The van der Waals surface area contributed by atoms with Gasteiger partial charge in [-0.3, -0.25) is 4.72 Å². The number of sulfonamides is 1. The minimum Gasteiger partial charge on any atom is -0.279 e. The number of nitrogens with one attached hydrogen (secondary N) is 1. The van der Waals surface area contributed by atoms with Gasteiger partial charge < -0.3 is 0 Å². The largest absolute Gasteiger partial charge is 0.279 e. The van der Waals surface area contributed by atoms with Gasteiger partial charge in [-0.05, 0) is 44.2 Å². The highest BCUT2D eigenvalue weighted by Gasteiger charge is 2.25. The van der Waals surface area contributed by atoms with Gasteiger partial charge in [0, 0.05) is 0 Å². The fourth-order valence-corrected chi connectivity index (χ4v) is 4.04. The number of rotatable bonds is 4. The normalized spacial score (nSPS) is 11.5. The summed E-state index contributed by atoms with van der Waals surface area (Å²) < 4.78 is 42.7. The molecule has 0 fully saturated rings. The SMILES string of the molecule is Cc1nn(-c2ccccc2)c(C)c1S(=O)(=O)Nc1cccc(F)c1. The van der Waals surface area contributed by atoms with Crippen molar-refractivity contribution in [2.75, 3.05) is 4.72 Å². The molecule has 0 aliphatic rings. The number of hydrogen-bond donors (Lipinski definition) is 1. The lowest BCUT2D eigenvalue weighted by molar-refractivity contribution is 0.600. The zero-order chi connectivity index (χ0) is 17.3. The van der Waals surface area contributed by atoms with E-state index in [1.807, 2.05) is 30.3 Å². The Bertz CT molecular complexity index is 982. The average Bonchev–Trinajstić information content (AvgIpc) is 2.83. The van der Waals surface area contributed by atoms with E-state index < -0.39 is 15.8 Å². The van der Waals surface area contributed by atoms with Crippen molar-refractivity contribution in [1.82, 2.24) is 9.78 Å². The number of halogens is 1. The molecule has 3 aromatic rings. The fourth-order valence-electron chi connectivity index (χ4n) is 2.60. The molecule has 0 amide bonds. The first kappa shape index (κ1) is 16.2.